The minimum absolute atomic E-state index is 1.07. The maximum Gasteiger partial charge on any atom is 0.0180 e. The van der Waals surface area contributed by atoms with Gasteiger partial charge in [-0.3, -0.25) is 0 Å². The molecule has 0 heterocycles. The lowest BCUT2D eigenvalue weighted by Gasteiger charge is -1.87. The zero-order valence-electron chi connectivity index (χ0n) is 7.67. The van der Waals surface area contributed by atoms with Gasteiger partial charge >= 0.3 is 0 Å². The Morgan fingerprint density at radius 2 is 1.83 bits per heavy atom. The average molecular weight is 161 g/mol. The maximum absolute atomic E-state index is 6.82. The van der Waals surface area contributed by atoms with Gasteiger partial charge in [-0.25, -0.2) is 0 Å². The Morgan fingerprint density at radius 3 is 2.33 bits per heavy atom. The molecule has 64 valence electrons. The molecule has 1 heteroatoms. The van der Waals surface area contributed by atoms with E-state index in [4.69, 9.17) is 5.41 Å². The van der Waals surface area contributed by atoms with Gasteiger partial charge in [0.1, 0.15) is 0 Å². The molecule has 1 N–H and O–H groups in total. The van der Waals surface area contributed by atoms with Crippen molar-refractivity contribution >= 4 is 6.21 Å². The monoisotopic (exact) mass is 161 g/mol. The topological polar surface area (TPSA) is 23.9 Å². The van der Waals surface area contributed by atoms with Crippen LogP contribution in [0.2, 0.25) is 0 Å². The van der Waals surface area contributed by atoms with Gasteiger partial charge in [0.2, 0.25) is 0 Å². The molecule has 0 amide bonds. The van der Waals surface area contributed by atoms with Gasteiger partial charge in [-0.05, 0) is 25.5 Å². The fourth-order valence-corrected chi connectivity index (χ4v) is 0.607. The lowest BCUT2D eigenvalue weighted by molar-refractivity contribution is 1.50. The van der Waals surface area contributed by atoms with Crippen molar-refractivity contribution in [1.29, 1.82) is 5.41 Å². The van der Waals surface area contributed by atoms with Crippen LogP contribution in [0.15, 0.2) is 48.1 Å². The molecule has 12 heavy (non-hydrogen) atoms. The molecule has 0 aromatic heterocycles. The highest BCUT2D eigenvalue weighted by Gasteiger charge is 1.77. The second-order valence-electron chi connectivity index (χ2n) is 2.55. The fraction of sp³-hybridized carbons (Fsp3) is 0.182. The Kier molecular flexibility index (Phi) is 5.62. The van der Waals surface area contributed by atoms with Crippen molar-refractivity contribution in [3.8, 4) is 0 Å². The van der Waals surface area contributed by atoms with E-state index in [2.05, 4.69) is 6.58 Å². The summed E-state index contributed by atoms with van der Waals surface area (Å²) >= 11 is 0. The van der Waals surface area contributed by atoms with Gasteiger partial charge < -0.3 is 5.41 Å². The van der Waals surface area contributed by atoms with E-state index in [0.717, 1.165) is 11.1 Å². The van der Waals surface area contributed by atoms with Gasteiger partial charge in [0.05, 0.1) is 0 Å². The molecular weight excluding hydrogens is 146 g/mol. The van der Waals surface area contributed by atoms with Crippen LogP contribution in [0.25, 0.3) is 0 Å². The molecule has 0 aromatic rings. The van der Waals surface area contributed by atoms with Crippen LogP contribution in [-0.2, 0) is 0 Å². The third-order valence-electron chi connectivity index (χ3n) is 1.39. The number of hydrogen-bond acceptors (Lipinski definition) is 1. The van der Waals surface area contributed by atoms with E-state index in [1.165, 1.54) is 6.21 Å². The number of allylic oxidation sites excluding steroid dienone is 7. The molecule has 0 spiro atoms. The minimum Gasteiger partial charge on any atom is -0.309 e. The highest BCUT2D eigenvalue weighted by molar-refractivity contribution is 5.69. The quantitative estimate of drug-likeness (QED) is 0.483. The van der Waals surface area contributed by atoms with E-state index >= 15 is 0 Å². The number of nitrogens with one attached hydrogen (secondary N) is 1. The molecule has 0 rings (SSSR count). The van der Waals surface area contributed by atoms with Crippen LogP contribution >= 0.6 is 0 Å². The highest BCUT2D eigenvalue weighted by Crippen LogP contribution is 1.97. The molecule has 0 fully saturated rings. The van der Waals surface area contributed by atoms with Gasteiger partial charge in [0.15, 0.2) is 0 Å². The summed E-state index contributed by atoms with van der Waals surface area (Å²) in [6.45, 7) is 7.59. The number of rotatable bonds is 4. The molecule has 0 aliphatic carbocycles. The van der Waals surface area contributed by atoms with Crippen molar-refractivity contribution in [3.63, 3.8) is 0 Å². The van der Waals surface area contributed by atoms with Crippen molar-refractivity contribution in [2.45, 2.75) is 13.8 Å². The van der Waals surface area contributed by atoms with Gasteiger partial charge in [-0.15, -0.1) is 0 Å². The third-order valence-corrected chi connectivity index (χ3v) is 1.39. The Hall–Kier alpha value is -1.37. The van der Waals surface area contributed by atoms with E-state index in [1.54, 1.807) is 12.2 Å². The maximum atomic E-state index is 6.82. The minimum atomic E-state index is 1.07. The zero-order valence-corrected chi connectivity index (χ0v) is 7.67. The largest absolute Gasteiger partial charge is 0.309 e. The molecule has 1 nitrogen and oxygen atoms in total. The first kappa shape index (κ1) is 10.6. The van der Waals surface area contributed by atoms with E-state index in [9.17, 15) is 0 Å². The summed E-state index contributed by atoms with van der Waals surface area (Å²) in [5, 5.41) is 6.82. The van der Waals surface area contributed by atoms with Gasteiger partial charge in [-0.2, -0.15) is 0 Å². The smallest absolute Gasteiger partial charge is 0.0180 e. The van der Waals surface area contributed by atoms with E-state index in [0.29, 0.717) is 0 Å². The van der Waals surface area contributed by atoms with Crippen LogP contribution in [0.3, 0.4) is 0 Å². The van der Waals surface area contributed by atoms with Crippen LogP contribution in [0, 0.1) is 5.41 Å². The Bertz CT molecular complexity index is 242. The molecule has 0 atom stereocenters. The molecular formula is C11H15N. The summed E-state index contributed by atoms with van der Waals surface area (Å²) in [6.07, 6.45) is 10.7. The summed E-state index contributed by atoms with van der Waals surface area (Å²) < 4.78 is 0. The highest BCUT2D eigenvalue weighted by atomic mass is 14.3. The second kappa shape index (κ2) is 6.35. The molecule has 0 aliphatic rings. The van der Waals surface area contributed by atoms with Crippen LogP contribution in [0.1, 0.15) is 13.8 Å². The first-order valence-corrected chi connectivity index (χ1v) is 3.85. The first-order valence-electron chi connectivity index (χ1n) is 3.85. The van der Waals surface area contributed by atoms with Crippen LogP contribution in [-0.4, -0.2) is 6.21 Å². The van der Waals surface area contributed by atoms with Crippen molar-refractivity contribution in [1.82, 2.24) is 0 Å². The van der Waals surface area contributed by atoms with Crippen LogP contribution < -0.4 is 0 Å². The first-order chi connectivity index (χ1) is 5.70. The average Bonchev–Trinajstić information content (AvgIpc) is 2.04. The van der Waals surface area contributed by atoms with E-state index in [1.807, 2.05) is 32.1 Å². The van der Waals surface area contributed by atoms with Crippen molar-refractivity contribution < 1.29 is 0 Å². The molecule has 0 radical (unpaired) electrons. The summed E-state index contributed by atoms with van der Waals surface area (Å²) in [5.74, 6) is 0. The third kappa shape index (κ3) is 5.42. The Labute approximate surface area is 74.3 Å². The van der Waals surface area contributed by atoms with Gasteiger partial charge in [0.25, 0.3) is 0 Å². The lowest BCUT2D eigenvalue weighted by atomic mass is 10.2. The molecule has 0 unspecified atom stereocenters. The SMILES string of the molecule is C=C/C(C)=C/C=C\C(C)=C\C=N. The Balaban J connectivity index is 4.16. The summed E-state index contributed by atoms with van der Waals surface area (Å²) in [4.78, 5) is 0. The molecule has 0 saturated heterocycles. The van der Waals surface area contributed by atoms with Crippen LogP contribution in [0.5, 0.6) is 0 Å². The molecule has 0 aliphatic heterocycles. The van der Waals surface area contributed by atoms with Crippen molar-refractivity contribution in [3.05, 3.63) is 48.1 Å². The van der Waals surface area contributed by atoms with Crippen molar-refractivity contribution in [2.75, 3.05) is 0 Å². The summed E-state index contributed by atoms with van der Waals surface area (Å²) in [7, 11) is 0. The zero-order chi connectivity index (χ0) is 9.40. The number of hydrogen-bond donors (Lipinski definition) is 1. The van der Waals surface area contributed by atoms with E-state index in [-0.39, 0.29) is 0 Å². The molecule has 0 bridgehead atoms. The Morgan fingerprint density at radius 1 is 1.17 bits per heavy atom. The predicted octanol–water partition coefficient (Wildman–Crippen LogP) is 3.27. The second-order valence-corrected chi connectivity index (χ2v) is 2.55. The lowest BCUT2D eigenvalue weighted by Crippen LogP contribution is -1.69. The fourth-order valence-electron chi connectivity index (χ4n) is 0.607. The van der Waals surface area contributed by atoms with Gasteiger partial charge in [-0.1, -0.05) is 36.5 Å². The normalized spacial score (nSPS) is 13.5. The van der Waals surface area contributed by atoms with Gasteiger partial charge in [0, 0.05) is 6.21 Å². The van der Waals surface area contributed by atoms with E-state index < -0.39 is 0 Å². The van der Waals surface area contributed by atoms with Crippen molar-refractivity contribution in [2.24, 2.45) is 0 Å². The predicted molar refractivity (Wildman–Crippen MR) is 55.6 cm³/mol. The summed E-state index contributed by atoms with van der Waals surface area (Å²) in [5.41, 5.74) is 2.20. The standard InChI is InChI=1S/C11H15N/c1-4-10(2)6-5-7-11(3)8-9-12/h4-9,12H,1H2,2-3H3/b7-5-,10-6+,11-8+,12-9?. The summed E-state index contributed by atoms with van der Waals surface area (Å²) in [6, 6.07) is 0. The molecule has 0 saturated carbocycles. The molecule has 0 aromatic carbocycles. The van der Waals surface area contributed by atoms with Crippen LogP contribution in [0.4, 0.5) is 0 Å².